The normalized spacial score (nSPS) is 20.8. The lowest BCUT2D eigenvalue weighted by atomic mass is 10.1. The Morgan fingerprint density at radius 1 is 0.962 bits per heavy atom. The molecule has 136 valence electrons. The molecule has 0 spiro atoms. The third-order valence-electron chi connectivity index (χ3n) is 4.68. The predicted molar refractivity (Wildman–Crippen MR) is 86.5 cm³/mol. The number of halogens is 4. The topological polar surface area (TPSA) is 26.8 Å². The molecule has 0 radical (unpaired) electrons. The highest BCUT2D eigenvalue weighted by Gasteiger charge is 2.48. The van der Waals surface area contributed by atoms with Crippen LogP contribution in [0.25, 0.3) is 0 Å². The molecule has 0 saturated carbocycles. The summed E-state index contributed by atoms with van der Waals surface area (Å²) >= 11 is 0. The fourth-order valence-electron chi connectivity index (χ4n) is 3.50. The van der Waals surface area contributed by atoms with Crippen LogP contribution in [0.2, 0.25) is 0 Å². The SMILES string of the molecule is O=C1N(c2ccc(C(F)(F)F)cc2)C(c2ccccc2F)N2CCCN12. The van der Waals surface area contributed by atoms with Crippen molar-refractivity contribution in [3.63, 3.8) is 0 Å². The summed E-state index contributed by atoms with van der Waals surface area (Å²) in [7, 11) is 0. The minimum atomic E-state index is -4.46. The summed E-state index contributed by atoms with van der Waals surface area (Å²) in [6, 6.07) is 10.1. The van der Waals surface area contributed by atoms with Crippen LogP contribution in [-0.2, 0) is 6.18 Å². The van der Waals surface area contributed by atoms with Crippen LogP contribution >= 0.6 is 0 Å². The summed E-state index contributed by atoms with van der Waals surface area (Å²) in [6.07, 6.45) is -4.41. The second kappa shape index (κ2) is 5.98. The van der Waals surface area contributed by atoms with Gasteiger partial charge in [0, 0.05) is 24.3 Å². The molecule has 0 bridgehead atoms. The van der Waals surface area contributed by atoms with Crippen molar-refractivity contribution in [1.29, 1.82) is 0 Å². The number of fused-ring (bicyclic) bond motifs is 1. The number of hydrogen-bond acceptors (Lipinski definition) is 2. The Labute approximate surface area is 147 Å². The van der Waals surface area contributed by atoms with Gasteiger partial charge in [0.25, 0.3) is 0 Å². The first-order valence-corrected chi connectivity index (χ1v) is 8.17. The van der Waals surface area contributed by atoms with Crippen LogP contribution in [0.4, 0.5) is 28.0 Å². The molecule has 26 heavy (non-hydrogen) atoms. The van der Waals surface area contributed by atoms with Crippen LogP contribution in [-0.4, -0.2) is 29.1 Å². The van der Waals surface area contributed by atoms with Crippen LogP contribution in [0.3, 0.4) is 0 Å². The van der Waals surface area contributed by atoms with Gasteiger partial charge in [-0.05, 0) is 36.8 Å². The van der Waals surface area contributed by atoms with E-state index in [4.69, 9.17) is 0 Å². The van der Waals surface area contributed by atoms with Crippen molar-refractivity contribution in [2.24, 2.45) is 0 Å². The zero-order valence-electron chi connectivity index (χ0n) is 13.6. The first-order chi connectivity index (χ1) is 12.4. The third-order valence-corrected chi connectivity index (χ3v) is 4.68. The Morgan fingerprint density at radius 3 is 2.31 bits per heavy atom. The number of carbonyl (C=O) groups is 1. The van der Waals surface area contributed by atoms with Crippen molar-refractivity contribution in [3.05, 3.63) is 65.5 Å². The number of urea groups is 1. The molecule has 0 N–H and O–H groups in total. The van der Waals surface area contributed by atoms with Crippen LogP contribution in [0.15, 0.2) is 48.5 Å². The summed E-state index contributed by atoms with van der Waals surface area (Å²) in [6.45, 7) is 1.07. The molecular weight excluding hydrogens is 350 g/mol. The average molecular weight is 365 g/mol. The van der Waals surface area contributed by atoms with Gasteiger partial charge in [-0.25, -0.2) is 9.18 Å². The Bertz CT molecular complexity index is 837. The van der Waals surface area contributed by atoms with Crippen LogP contribution in [0, 0.1) is 5.82 Å². The Kier molecular flexibility index (Phi) is 3.87. The quantitative estimate of drug-likeness (QED) is 0.738. The van der Waals surface area contributed by atoms with Gasteiger partial charge in [-0.1, -0.05) is 18.2 Å². The van der Waals surface area contributed by atoms with E-state index in [1.54, 1.807) is 23.2 Å². The summed E-state index contributed by atoms with van der Waals surface area (Å²) < 4.78 is 52.8. The number of hydrazine groups is 1. The molecule has 2 aliphatic heterocycles. The second-order valence-electron chi connectivity index (χ2n) is 6.23. The number of amides is 2. The highest BCUT2D eigenvalue weighted by molar-refractivity contribution is 5.94. The van der Waals surface area contributed by atoms with Crippen LogP contribution < -0.4 is 4.90 Å². The summed E-state index contributed by atoms with van der Waals surface area (Å²) in [5.74, 6) is -0.462. The molecule has 2 fully saturated rings. The maximum absolute atomic E-state index is 14.4. The zero-order valence-corrected chi connectivity index (χ0v) is 13.6. The van der Waals surface area contributed by atoms with Crippen molar-refractivity contribution in [1.82, 2.24) is 10.0 Å². The average Bonchev–Trinajstić information content (AvgIpc) is 3.17. The highest BCUT2D eigenvalue weighted by Crippen LogP contribution is 2.41. The molecular formula is C18H15F4N3O. The van der Waals surface area contributed by atoms with Crippen molar-refractivity contribution < 1.29 is 22.4 Å². The van der Waals surface area contributed by atoms with Gasteiger partial charge in [-0.2, -0.15) is 18.2 Å². The summed E-state index contributed by atoms with van der Waals surface area (Å²) in [5, 5.41) is 3.28. The molecule has 2 aromatic rings. The molecule has 2 heterocycles. The van der Waals surface area contributed by atoms with E-state index in [0.29, 0.717) is 24.3 Å². The monoisotopic (exact) mass is 365 g/mol. The molecule has 1 atom stereocenters. The number of hydrogen-bond donors (Lipinski definition) is 0. The number of carbonyl (C=O) groups excluding carboxylic acids is 1. The molecule has 8 heteroatoms. The van der Waals surface area contributed by atoms with E-state index >= 15 is 0 Å². The van der Waals surface area contributed by atoms with E-state index in [1.807, 2.05) is 0 Å². The van der Waals surface area contributed by atoms with E-state index < -0.39 is 23.7 Å². The lowest BCUT2D eigenvalue weighted by Gasteiger charge is -2.28. The van der Waals surface area contributed by atoms with E-state index in [-0.39, 0.29) is 6.03 Å². The number of benzene rings is 2. The third kappa shape index (κ3) is 2.61. The number of anilines is 1. The lowest BCUT2D eigenvalue weighted by molar-refractivity contribution is -0.137. The van der Waals surface area contributed by atoms with Gasteiger partial charge in [0.05, 0.1) is 5.56 Å². The number of rotatable bonds is 2. The lowest BCUT2D eigenvalue weighted by Crippen LogP contribution is -2.32. The Hall–Kier alpha value is -2.61. The van der Waals surface area contributed by atoms with Gasteiger partial charge < -0.3 is 0 Å². The second-order valence-corrected chi connectivity index (χ2v) is 6.23. The molecule has 2 aliphatic rings. The van der Waals surface area contributed by atoms with E-state index in [0.717, 1.165) is 18.6 Å². The van der Waals surface area contributed by atoms with Crippen molar-refractivity contribution in [3.8, 4) is 0 Å². The van der Waals surface area contributed by atoms with Gasteiger partial charge in [-0.15, -0.1) is 0 Å². The summed E-state index contributed by atoms with van der Waals surface area (Å²) in [5.41, 5.74) is -0.188. The molecule has 4 rings (SSSR count). The molecule has 2 saturated heterocycles. The van der Waals surface area contributed by atoms with Crippen molar-refractivity contribution in [2.75, 3.05) is 18.0 Å². The first kappa shape index (κ1) is 16.8. The van der Waals surface area contributed by atoms with E-state index in [9.17, 15) is 22.4 Å². The highest BCUT2D eigenvalue weighted by atomic mass is 19.4. The maximum Gasteiger partial charge on any atom is 0.416 e. The summed E-state index contributed by atoms with van der Waals surface area (Å²) in [4.78, 5) is 14.2. The van der Waals surface area contributed by atoms with E-state index in [1.165, 1.54) is 28.1 Å². The van der Waals surface area contributed by atoms with Gasteiger partial charge in [0.1, 0.15) is 12.0 Å². The first-order valence-electron chi connectivity index (χ1n) is 8.17. The fraction of sp³-hybridized carbons (Fsp3) is 0.278. The largest absolute Gasteiger partial charge is 0.416 e. The van der Waals surface area contributed by atoms with Gasteiger partial charge in [0.15, 0.2) is 0 Å². The Balaban J connectivity index is 1.77. The standard InChI is InChI=1S/C18H15F4N3O/c19-15-5-2-1-4-14(15)16-23-10-3-11-24(23)17(26)25(16)13-8-6-12(7-9-13)18(20,21)22/h1-2,4-9,16H,3,10-11H2. The van der Waals surface area contributed by atoms with Gasteiger partial charge >= 0.3 is 12.2 Å². The van der Waals surface area contributed by atoms with E-state index in [2.05, 4.69) is 0 Å². The molecule has 2 aromatic carbocycles. The zero-order chi connectivity index (χ0) is 18.5. The molecule has 0 aliphatic carbocycles. The number of nitrogens with zero attached hydrogens (tertiary/aromatic N) is 3. The number of alkyl halides is 3. The van der Waals surface area contributed by atoms with Crippen LogP contribution in [0.5, 0.6) is 0 Å². The van der Waals surface area contributed by atoms with Gasteiger partial charge in [0.2, 0.25) is 0 Å². The molecule has 1 unspecified atom stereocenters. The Morgan fingerprint density at radius 2 is 1.65 bits per heavy atom. The molecule has 2 amide bonds. The maximum atomic E-state index is 14.4. The van der Waals surface area contributed by atoms with Crippen molar-refractivity contribution in [2.45, 2.75) is 18.8 Å². The smallest absolute Gasteiger partial charge is 0.271 e. The predicted octanol–water partition coefficient (Wildman–Crippen LogP) is 4.41. The van der Waals surface area contributed by atoms with Gasteiger partial charge in [-0.3, -0.25) is 9.91 Å². The van der Waals surface area contributed by atoms with Crippen molar-refractivity contribution >= 4 is 11.7 Å². The minimum Gasteiger partial charge on any atom is -0.271 e. The molecule has 4 nitrogen and oxygen atoms in total. The fourth-order valence-corrected chi connectivity index (χ4v) is 3.50. The minimum absolute atomic E-state index is 0.297. The molecule has 0 aromatic heterocycles. The van der Waals surface area contributed by atoms with Crippen LogP contribution in [0.1, 0.15) is 23.7 Å².